The minimum atomic E-state index is -0.245. The summed E-state index contributed by atoms with van der Waals surface area (Å²) >= 11 is 0. The van der Waals surface area contributed by atoms with Crippen molar-refractivity contribution in [3.63, 3.8) is 0 Å². The molecular formula is C16H23NO2. The third kappa shape index (κ3) is 5.16. The van der Waals surface area contributed by atoms with Gasteiger partial charge in [0, 0.05) is 25.4 Å². The highest BCUT2D eigenvalue weighted by atomic mass is 16.5. The van der Waals surface area contributed by atoms with Gasteiger partial charge >= 0.3 is 5.97 Å². The zero-order chi connectivity index (χ0) is 14.4. The first-order valence-corrected chi connectivity index (χ1v) is 6.51. The van der Waals surface area contributed by atoms with Gasteiger partial charge in [-0.25, -0.2) is 4.79 Å². The van der Waals surface area contributed by atoms with Crippen LogP contribution in [-0.2, 0) is 9.53 Å². The second-order valence-electron chi connectivity index (χ2n) is 5.16. The minimum absolute atomic E-state index is 0.245. The topological polar surface area (TPSA) is 29.5 Å². The third-order valence-electron chi connectivity index (χ3n) is 2.87. The molecule has 0 saturated carbocycles. The van der Waals surface area contributed by atoms with Crippen LogP contribution in [0.4, 0.5) is 0 Å². The predicted octanol–water partition coefficient (Wildman–Crippen LogP) is 3.57. The SMILES string of the molecule is CC(C)=C/C=C(\C)OC(=O)C1=CC=C(N(C)C)CC1. The smallest absolute Gasteiger partial charge is 0.339 e. The number of carbonyl (C=O) groups is 1. The van der Waals surface area contributed by atoms with Gasteiger partial charge in [0.1, 0.15) is 5.76 Å². The van der Waals surface area contributed by atoms with Gasteiger partial charge in [0.25, 0.3) is 0 Å². The molecule has 0 radical (unpaired) electrons. The van der Waals surface area contributed by atoms with Crippen LogP contribution in [-0.4, -0.2) is 25.0 Å². The molecule has 1 aliphatic rings. The van der Waals surface area contributed by atoms with Crippen molar-refractivity contribution in [2.75, 3.05) is 14.1 Å². The van der Waals surface area contributed by atoms with E-state index in [9.17, 15) is 4.79 Å². The molecule has 0 N–H and O–H groups in total. The van der Waals surface area contributed by atoms with Crippen molar-refractivity contribution in [1.29, 1.82) is 0 Å². The molecule has 0 saturated heterocycles. The number of esters is 1. The molecule has 0 fully saturated rings. The highest BCUT2D eigenvalue weighted by molar-refractivity contribution is 5.89. The number of ether oxygens (including phenoxy) is 1. The summed E-state index contributed by atoms with van der Waals surface area (Å²) in [6, 6.07) is 0. The summed E-state index contributed by atoms with van der Waals surface area (Å²) in [6.07, 6.45) is 9.20. The van der Waals surface area contributed by atoms with Crippen molar-refractivity contribution in [3.05, 3.63) is 46.9 Å². The van der Waals surface area contributed by atoms with Crippen LogP contribution in [0.15, 0.2) is 46.9 Å². The van der Waals surface area contributed by atoms with E-state index in [4.69, 9.17) is 4.74 Å². The van der Waals surface area contributed by atoms with Gasteiger partial charge in [0.2, 0.25) is 0 Å². The van der Waals surface area contributed by atoms with E-state index in [1.165, 1.54) is 11.3 Å². The van der Waals surface area contributed by atoms with Gasteiger partial charge in [0.05, 0.1) is 0 Å². The standard InChI is InChI=1S/C16H23NO2/c1-12(2)6-7-13(3)19-16(18)14-8-10-15(11-9-14)17(4)5/h6-8,10H,9,11H2,1-5H3/b13-7+. The summed E-state index contributed by atoms with van der Waals surface area (Å²) in [4.78, 5) is 14.0. The van der Waals surface area contributed by atoms with E-state index in [2.05, 4.69) is 4.90 Å². The summed E-state index contributed by atoms with van der Waals surface area (Å²) in [6.45, 7) is 5.80. The van der Waals surface area contributed by atoms with E-state index in [1.54, 1.807) is 6.92 Å². The number of carbonyl (C=O) groups excluding carboxylic acids is 1. The van der Waals surface area contributed by atoms with Crippen LogP contribution in [0.5, 0.6) is 0 Å². The molecule has 19 heavy (non-hydrogen) atoms. The Bertz CT molecular complexity index is 461. The second-order valence-corrected chi connectivity index (χ2v) is 5.16. The molecule has 3 nitrogen and oxygen atoms in total. The number of rotatable bonds is 4. The Kier molecular flexibility index (Phi) is 5.61. The molecule has 0 aromatic heterocycles. The Morgan fingerprint density at radius 3 is 2.32 bits per heavy atom. The van der Waals surface area contributed by atoms with Crippen LogP contribution in [0.2, 0.25) is 0 Å². The fourth-order valence-electron chi connectivity index (χ4n) is 1.70. The Labute approximate surface area is 115 Å². The molecule has 1 aliphatic carbocycles. The second kappa shape index (κ2) is 6.98. The monoisotopic (exact) mass is 261 g/mol. The lowest BCUT2D eigenvalue weighted by atomic mass is 10.0. The summed E-state index contributed by atoms with van der Waals surface area (Å²) in [5, 5.41) is 0. The molecule has 0 atom stereocenters. The number of allylic oxidation sites excluding steroid dienone is 7. The minimum Gasteiger partial charge on any atom is -0.428 e. The largest absolute Gasteiger partial charge is 0.428 e. The number of nitrogens with zero attached hydrogens (tertiary/aromatic N) is 1. The number of hydrogen-bond donors (Lipinski definition) is 0. The normalized spacial score (nSPS) is 15.3. The predicted molar refractivity (Wildman–Crippen MR) is 78.4 cm³/mol. The van der Waals surface area contributed by atoms with Crippen LogP contribution >= 0.6 is 0 Å². The molecule has 0 aliphatic heterocycles. The molecule has 0 unspecified atom stereocenters. The van der Waals surface area contributed by atoms with Gasteiger partial charge in [-0.15, -0.1) is 0 Å². The first-order valence-electron chi connectivity index (χ1n) is 6.51. The van der Waals surface area contributed by atoms with Crippen molar-refractivity contribution in [2.24, 2.45) is 0 Å². The molecule has 3 heteroatoms. The van der Waals surface area contributed by atoms with Crippen molar-refractivity contribution in [2.45, 2.75) is 33.6 Å². The third-order valence-corrected chi connectivity index (χ3v) is 2.87. The van der Waals surface area contributed by atoms with E-state index in [0.717, 1.165) is 18.4 Å². The van der Waals surface area contributed by atoms with E-state index in [1.807, 2.05) is 52.2 Å². The summed E-state index contributed by atoms with van der Waals surface area (Å²) in [5.74, 6) is 0.374. The van der Waals surface area contributed by atoms with E-state index >= 15 is 0 Å². The van der Waals surface area contributed by atoms with Crippen molar-refractivity contribution < 1.29 is 9.53 Å². The lowest BCUT2D eigenvalue weighted by molar-refractivity contribution is -0.135. The molecule has 0 bridgehead atoms. The van der Waals surface area contributed by atoms with Gasteiger partial charge in [-0.2, -0.15) is 0 Å². The van der Waals surface area contributed by atoms with E-state index in [-0.39, 0.29) is 5.97 Å². The molecule has 0 aromatic carbocycles. The van der Waals surface area contributed by atoms with E-state index in [0.29, 0.717) is 5.76 Å². The van der Waals surface area contributed by atoms with Gasteiger partial charge in [-0.3, -0.25) is 0 Å². The molecule has 1 rings (SSSR count). The summed E-state index contributed by atoms with van der Waals surface area (Å²) < 4.78 is 5.30. The molecule has 0 spiro atoms. The van der Waals surface area contributed by atoms with Crippen LogP contribution in [0.25, 0.3) is 0 Å². The Morgan fingerprint density at radius 2 is 1.84 bits per heavy atom. The fraction of sp³-hybridized carbons (Fsp3) is 0.438. The maximum atomic E-state index is 11.9. The molecular weight excluding hydrogens is 238 g/mol. The van der Waals surface area contributed by atoms with Crippen molar-refractivity contribution in [1.82, 2.24) is 4.90 Å². The fourth-order valence-corrected chi connectivity index (χ4v) is 1.70. The maximum Gasteiger partial charge on any atom is 0.339 e. The van der Waals surface area contributed by atoms with Crippen LogP contribution in [0.1, 0.15) is 33.6 Å². The first-order chi connectivity index (χ1) is 8.90. The highest BCUT2D eigenvalue weighted by Crippen LogP contribution is 2.21. The zero-order valence-corrected chi connectivity index (χ0v) is 12.5. The Balaban J connectivity index is 2.66. The first kappa shape index (κ1) is 15.3. The quantitative estimate of drug-likeness (QED) is 0.440. The van der Waals surface area contributed by atoms with Gasteiger partial charge in [-0.05, 0) is 45.8 Å². The Hall–Kier alpha value is -1.77. The van der Waals surface area contributed by atoms with Crippen molar-refractivity contribution in [3.8, 4) is 0 Å². The summed E-state index contributed by atoms with van der Waals surface area (Å²) in [7, 11) is 4.02. The average molecular weight is 261 g/mol. The highest BCUT2D eigenvalue weighted by Gasteiger charge is 2.15. The maximum absolute atomic E-state index is 11.9. The average Bonchev–Trinajstić information content (AvgIpc) is 2.36. The van der Waals surface area contributed by atoms with Gasteiger partial charge in [-0.1, -0.05) is 17.7 Å². The lowest BCUT2D eigenvalue weighted by Gasteiger charge is -2.20. The van der Waals surface area contributed by atoms with Crippen LogP contribution in [0.3, 0.4) is 0 Å². The molecule has 104 valence electrons. The summed E-state index contributed by atoms with van der Waals surface area (Å²) in [5.41, 5.74) is 3.13. The number of hydrogen-bond acceptors (Lipinski definition) is 3. The van der Waals surface area contributed by atoms with Gasteiger partial charge < -0.3 is 9.64 Å². The molecule has 0 heterocycles. The lowest BCUT2D eigenvalue weighted by Crippen LogP contribution is -2.15. The Morgan fingerprint density at radius 1 is 1.16 bits per heavy atom. The molecule has 0 aromatic rings. The van der Waals surface area contributed by atoms with Crippen molar-refractivity contribution >= 4 is 5.97 Å². The van der Waals surface area contributed by atoms with E-state index < -0.39 is 0 Å². The molecule has 0 amide bonds. The van der Waals surface area contributed by atoms with Crippen LogP contribution in [0, 0.1) is 0 Å². The van der Waals surface area contributed by atoms with Gasteiger partial charge in [0.15, 0.2) is 0 Å². The van der Waals surface area contributed by atoms with Crippen LogP contribution < -0.4 is 0 Å². The zero-order valence-electron chi connectivity index (χ0n) is 12.5.